The van der Waals surface area contributed by atoms with E-state index in [1.54, 1.807) is 13.2 Å². The van der Waals surface area contributed by atoms with Crippen LogP contribution in [0.4, 0.5) is 5.69 Å². The summed E-state index contributed by atoms with van der Waals surface area (Å²) in [4.78, 5) is 14.2. The van der Waals surface area contributed by atoms with Crippen LogP contribution in [0, 0.1) is 0 Å². The summed E-state index contributed by atoms with van der Waals surface area (Å²) < 4.78 is 5.35. The number of methoxy groups -OCH3 is 1. The zero-order chi connectivity index (χ0) is 17.5. The predicted molar refractivity (Wildman–Crippen MR) is 98.8 cm³/mol. The molecule has 0 bridgehead atoms. The maximum absolute atomic E-state index is 12.3. The van der Waals surface area contributed by atoms with Gasteiger partial charge in [-0.15, -0.1) is 0 Å². The molecule has 0 aliphatic rings. The molecule has 0 spiro atoms. The zero-order valence-corrected chi connectivity index (χ0v) is 15.1. The highest BCUT2D eigenvalue weighted by atomic mass is 35.5. The van der Waals surface area contributed by atoms with Crippen LogP contribution in [-0.2, 0) is 17.8 Å². The molecule has 1 N–H and O–H groups in total. The van der Waals surface area contributed by atoms with Gasteiger partial charge in [-0.05, 0) is 43.3 Å². The number of hydrogen-bond donors (Lipinski definition) is 1. The minimum absolute atomic E-state index is 0.0422. The summed E-state index contributed by atoms with van der Waals surface area (Å²) in [5, 5.41) is 3.63. The maximum atomic E-state index is 12.3. The van der Waals surface area contributed by atoms with Crippen LogP contribution in [0.5, 0.6) is 5.75 Å². The van der Waals surface area contributed by atoms with Gasteiger partial charge in [0.2, 0.25) is 5.91 Å². The van der Waals surface area contributed by atoms with Gasteiger partial charge in [0, 0.05) is 22.8 Å². The van der Waals surface area contributed by atoms with Gasteiger partial charge in [0.15, 0.2) is 0 Å². The molecule has 0 saturated carbocycles. The molecule has 0 radical (unpaired) electrons. The molecule has 0 heterocycles. The number of carbonyl (C=O) groups excluding carboxylic acids is 1. The van der Waals surface area contributed by atoms with Crippen molar-refractivity contribution in [1.82, 2.24) is 4.90 Å². The molecule has 2 aromatic rings. The van der Waals surface area contributed by atoms with Crippen molar-refractivity contribution in [2.75, 3.05) is 26.0 Å². The Morgan fingerprint density at radius 2 is 1.96 bits per heavy atom. The van der Waals surface area contributed by atoms with Gasteiger partial charge in [-0.3, -0.25) is 9.69 Å². The molecule has 0 aromatic heterocycles. The van der Waals surface area contributed by atoms with E-state index >= 15 is 0 Å². The first-order valence-electron chi connectivity index (χ1n) is 7.92. The number of ether oxygens (including phenoxy) is 1. The number of amides is 1. The first-order chi connectivity index (χ1) is 11.5. The van der Waals surface area contributed by atoms with E-state index < -0.39 is 0 Å². The molecule has 1 amide bonds. The van der Waals surface area contributed by atoms with Crippen molar-refractivity contribution in [2.24, 2.45) is 0 Å². The van der Waals surface area contributed by atoms with Crippen LogP contribution >= 0.6 is 11.6 Å². The van der Waals surface area contributed by atoms with Crippen molar-refractivity contribution in [3.05, 3.63) is 58.6 Å². The summed E-state index contributed by atoms with van der Waals surface area (Å²) in [7, 11) is 3.52. The molecule has 0 saturated heterocycles. The molecule has 0 unspecified atom stereocenters. The van der Waals surface area contributed by atoms with Gasteiger partial charge in [0.1, 0.15) is 5.75 Å². The monoisotopic (exact) mass is 346 g/mol. The smallest absolute Gasteiger partial charge is 0.238 e. The lowest BCUT2D eigenvalue weighted by Gasteiger charge is -2.19. The lowest BCUT2D eigenvalue weighted by molar-refractivity contribution is -0.117. The topological polar surface area (TPSA) is 41.6 Å². The molecule has 0 atom stereocenters. The molecule has 24 heavy (non-hydrogen) atoms. The minimum atomic E-state index is -0.0422. The average molecular weight is 347 g/mol. The van der Waals surface area contributed by atoms with Crippen LogP contribution < -0.4 is 10.1 Å². The van der Waals surface area contributed by atoms with Crippen LogP contribution in [0.15, 0.2) is 42.5 Å². The van der Waals surface area contributed by atoms with Crippen LogP contribution in [0.25, 0.3) is 0 Å². The van der Waals surface area contributed by atoms with Crippen LogP contribution in [0.2, 0.25) is 5.02 Å². The lowest BCUT2D eigenvalue weighted by Crippen LogP contribution is -2.30. The van der Waals surface area contributed by atoms with Gasteiger partial charge in [-0.2, -0.15) is 0 Å². The molecule has 0 aliphatic carbocycles. The fourth-order valence-corrected chi connectivity index (χ4v) is 2.80. The molecule has 2 rings (SSSR count). The molecule has 128 valence electrons. The second kappa shape index (κ2) is 8.71. The van der Waals surface area contributed by atoms with Crippen molar-refractivity contribution >= 4 is 23.2 Å². The van der Waals surface area contributed by atoms with E-state index in [0.717, 1.165) is 29.0 Å². The molecule has 5 heteroatoms. The highest BCUT2D eigenvalue weighted by Crippen LogP contribution is 2.23. The Balaban J connectivity index is 1.98. The van der Waals surface area contributed by atoms with E-state index in [-0.39, 0.29) is 12.5 Å². The van der Waals surface area contributed by atoms with Crippen LogP contribution in [-0.4, -0.2) is 31.5 Å². The summed E-state index contributed by atoms with van der Waals surface area (Å²) in [5.41, 5.74) is 2.96. The van der Waals surface area contributed by atoms with Gasteiger partial charge in [-0.1, -0.05) is 36.7 Å². The molecule has 2 aromatic carbocycles. The van der Waals surface area contributed by atoms with Crippen LogP contribution in [0.1, 0.15) is 18.1 Å². The second-order valence-electron chi connectivity index (χ2n) is 5.69. The van der Waals surface area contributed by atoms with Gasteiger partial charge < -0.3 is 10.1 Å². The third-order valence-corrected chi connectivity index (χ3v) is 4.00. The maximum Gasteiger partial charge on any atom is 0.238 e. The largest absolute Gasteiger partial charge is 0.496 e. The van der Waals surface area contributed by atoms with Crippen molar-refractivity contribution in [3.8, 4) is 5.75 Å². The second-order valence-corrected chi connectivity index (χ2v) is 6.12. The molecular formula is C19H23ClN2O2. The number of benzene rings is 2. The normalized spacial score (nSPS) is 10.7. The van der Waals surface area contributed by atoms with Crippen molar-refractivity contribution < 1.29 is 9.53 Å². The number of likely N-dealkylation sites (N-methyl/N-ethyl adjacent to an activating group) is 1. The fraction of sp³-hybridized carbons (Fsp3) is 0.316. The molecule has 4 nitrogen and oxygen atoms in total. The standard InChI is InChI=1S/C19H23ClN2O2/c1-4-14-7-5-6-8-17(14)21-19(23)13-22(2)12-15-11-16(20)9-10-18(15)24-3/h5-11H,4,12-13H2,1-3H3,(H,21,23). The zero-order valence-electron chi connectivity index (χ0n) is 14.3. The van der Waals surface area contributed by atoms with Crippen LogP contribution in [0.3, 0.4) is 0 Å². The number of anilines is 1. The number of nitrogens with zero attached hydrogens (tertiary/aromatic N) is 1. The Kier molecular flexibility index (Phi) is 6.64. The number of carbonyl (C=O) groups is 1. The van der Waals surface area contributed by atoms with E-state index in [1.807, 2.05) is 48.3 Å². The van der Waals surface area contributed by atoms with E-state index in [2.05, 4.69) is 12.2 Å². The van der Waals surface area contributed by atoms with Gasteiger partial charge >= 0.3 is 0 Å². The van der Waals surface area contributed by atoms with Crippen molar-refractivity contribution in [2.45, 2.75) is 19.9 Å². The third-order valence-electron chi connectivity index (χ3n) is 3.77. The molecule has 0 fully saturated rings. The van der Waals surface area contributed by atoms with E-state index in [0.29, 0.717) is 11.6 Å². The minimum Gasteiger partial charge on any atom is -0.496 e. The Morgan fingerprint density at radius 1 is 1.21 bits per heavy atom. The number of hydrogen-bond acceptors (Lipinski definition) is 3. The highest BCUT2D eigenvalue weighted by Gasteiger charge is 2.12. The first-order valence-corrected chi connectivity index (χ1v) is 8.30. The number of halogens is 1. The first kappa shape index (κ1) is 18.3. The summed E-state index contributed by atoms with van der Waals surface area (Å²) in [6, 6.07) is 13.3. The third kappa shape index (κ3) is 4.98. The van der Waals surface area contributed by atoms with Gasteiger partial charge in [0.05, 0.1) is 13.7 Å². The Labute approximate surface area is 148 Å². The molecule has 0 aliphatic heterocycles. The Morgan fingerprint density at radius 3 is 2.67 bits per heavy atom. The predicted octanol–water partition coefficient (Wildman–Crippen LogP) is 3.98. The SMILES string of the molecule is CCc1ccccc1NC(=O)CN(C)Cc1cc(Cl)ccc1OC. The highest BCUT2D eigenvalue weighted by molar-refractivity contribution is 6.30. The number of aryl methyl sites for hydroxylation is 1. The van der Waals surface area contributed by atoms with E-state index in [4.69, 9.17) is 16.3 Å². The van der Waals surface area contributed by atoms with Gasteiger partial charge in [0.25, 0.3) is 0 Å². The van der Waals surface area contributed by atoms with Gasteiger partial charge in [-0.25, -0.2) is 0 Å². The average Bonchev–Trinajstić information content (AvgIpc) is 2.55. The number of rotatable bonds is 7. The van der Waals surface area contributed by atoms with Crippen molar-refractivity contribution in [3.63, 3.8) is 0 Å². The quantitative estimate of drug-likeness (QED) is 0.824. The Bertz CT molecular complexity index is 704. The summed E-state index contributed by atoms with van der Waals surface area (Å²) >= 11 is 6.05. The summed E-state index contributed by atoms with van der Waals surface area (Å²) in [6.45, 7) is 2.93. The fourth-order valence-electron chi connectivity index (χ4n) is 2.60. The number of para-hydroxylation sites is 1. The number of nitrogens with one attached hydrogen (secondary N) is 1. The summed E-state index contributed by atoms with van der Waals surface area (Å²) in [6.07, 6.45) is 0.881. The van der Waals surface area contributed by atoms with Crippen molar-refractivity contribution in [1.29, 1.82) is 0 Å². The lowest BCUT2D eigenvalue weighted by atomic mass is 10.1. The van der Waals surface area contributed by atoms with E-state index in [9.17, 15) is 4.79 Å². The molecular weight excluding hydrogens is 324 g/mol. The van der Waals surface area contributed by atoms with E-state index in [1.165, 1.54) is 0 Å². The Hall–Kier alpha value is -2.04. The summed E-state index contributed by atoms with van der Waals surface area (Å²) in [5.74, 6) is 0.724.